The number of carbonyl (C=O) groups is 1. The molecule has 3 heterocycles. The number of carbonyl (C=O) groups excluding carboxylic acids is 1. The van der Waals surface area contributed by atoms with E-state index < -0.39 is 0 Å². The van der Waals surface area contributed by atoms with Gasteiger partial charge in [0.2, 0.25) is 5.95 Å². The molecule has 4 rings (SSSR count). The number of urea groups is 1. The Balaban J connectivity index is 1.19. The number of nitriles is 1. The van der Waals surface area contributed by atoms with Crippen molar-refractivity contribution >= 4 is 17.8 Å². The topological polar surface area (TPSA) is 91.6 Å². The van der Waals surface area contributed by atoms with Crippen LogP contribution in [0.5, 0.6) is 0 Å². The number of nitrogens with zero attached hydrogens (tertiary/aromatic N) is 7. The van der Waals surface area contributed by atoms with E-state index in [9.17, 15) is 10.1 Å². The van der Waals surface area contributed by atoms with Crippen molar-refractivity contribution in [3.8, 4) is 6.07 Å². The summed E-state index contributed by atoms with van der Waals surface area (Å²) >= 11 is 0. The molecule has 2 aromatic rings. The minimum absolute atomic E-state index is 0.0124. The molecule has 2 fully saturated rings. The first-order valence-corrected chi connectivity index (χ1v) is 12.9. The van der Waals surface area contributed by atoms with Crippen molar-refractivity contribution < 1.29 is 4.79 Å². The van der Waals surface area contributed by atoms with Crippen LogP contribution >= 0.6 is 0 Å². The molecule has 2 amide bonds. The fourth-order valence-electron chi connectivity index (χ4n) is 5.14. The van der Waals surface area contributed by atoms with E-state index in [2.05, 4.69) is 68.4 Å². The maximum Gasteiger partial charge on any atom is 0.317 e. The van der Waals surface area contributed by atoms with Crippen LogP contribution in [0.4, 0.5) is 16.6 Å². The van der Waals surface area contributed by atoms with Gasteiger partial charge in [0.25, 0.3) is 0 Å². The van der Waals surface area contributed by atoms with E-state index in [0.717, 1.165) is 32.6 Å². The Morgan fingerprint density at radius 1 is 1.17 bits per heavy atom. The Kier molecular flexibility index (Phi) is 8.60. The van der Waals surface area contributed by atoms with Gasteiger partial charge in [0.1, 0.15) is 11.6 Å². The molecule has 36 heavy (non-hydrogen) atoms. The van der Waals surface area contributed by atoms with E-state index in [1.54, 1.807) is 6.20 Å². The zero-order valence-electron chi connectivity index (χ0n) is 21.7. The Labute approximate surface area is 214 Å². The summed E-state index contributed by atoms with van der Waals surface area (Å²) in [5, 5.41) is 12.5. The Morgan fingerprint density at radius 3 is 2.58 bits per heavy atom. The molecule has 1 aromatic carbocycles. The maximum absolute atomic E-state index is 12.9. The molecule has 0 spiro atoms. The lowest BCUT2D eigenvalue weighted by Gasteiger charge is -2.40. The molecule has 1 N–H and O–H groups in total. The predicted molar refractivity (Wildman–Crippen MR) is 142 cm³/mol. The molecule has 1 aromatic heterocycles. The molecule has 0 aliphatic carbocycles. The van der Waals surface area contributed by atoms with Crippen LogP contribution in [-0.2, 0) is 6.54 Å². The van der Waals surface area contributed by atoms with Crippen molar-refractivity contribution in [3.63, 3.8) is 0 Å². The van der Waals surface area contributed by atoms with Gasteiger partial charge in [-0.2, -0.15) is 10.2 Å². The average Bonchev–Trinajstić information content (AvgIpc) is 2.89. The largest absolute Gasteiger partial charge is 0.361 e. The number of piperazine rings is 1. The highest BCUT2D eigenvalue weighted by atomic mass is 16.2. The van der Waals surface area contributed by atoms with Crippen molar-refractivity contribution in [2.24, 2.45) is 5.92 Å². The lowest BCUT2D eigenvalue weighted by molar-refractivity contribution is 0.162. The van der Waals surface area contributed by atoms with Crippen molar-refractivity contribution in [3.05, 3.63) is 47.7 Å². The van der Waals surface area contributed by atoms with Crippen LogP contribution in [0.15, 0.2) is 36.5 Å². The summed E-state index contributed by atoms with van der Waals surface area (Å²) < 4.78 is 0. The molecule has 2 aliphatic heterocycles. The zero-order chi connectivity index (χ0) is 25.5. The van der Waals surface area contributed by atoms with E-state index in [-0.39, 0.29) is 12.1 Å². The van der Waals surface area contributed by atoms with Gasteiger partial charge in [0.15, 0.2) is 5.82 Å². The number of aromatic nitrogens is 2. The highest BCUT2D eigenvalue weighted by Gasteiger charge is 2.29. The summed E-state index contributed by atoms with van der Waals surface area (Å²) in [4.78, 5) is 30.2. The van der Waals surface area contributed by atoms with Gasteiger partial charge in [-0.1, -0.05) is 30.3 Å². The Hall–Kier alpha value is -3.38. The Bertz CT molecular complexity index is 1050. The molecule has 0 bridgehead atoms. The Morgan fingerprint density at radius 2 is 1.92 bits per heavy atom. The number of likely N-dealkylation sites (tertiary alicyclic amines) is 1. The van der Waals surface area contributed by atoms with Crippen LogP contribution in [0, 0.1) is 17.2 Å². The van der Waals surface area contributed by atoms with Crippen LogP contribution in [0.3, 0.4) is 0 Å². The molecule has 0 radical (unpaired) electrons. The van der Waals surface area contributed by atoms with Crippen LogP contribution in [-0.4, -0.2) is 85.2 Å². The van der Waals surface area contributed by atoms with Crippen LogP contribution in [0.1, 0.15) is 37.3 Å². The summed E-state index contributed by atoms with van der Waals surface area (Å²) in [5.41, 5.74) is 1.83. The molecule has 192 valence electrons. The van der Waals surface area contributed by atoms with Gasteiger partial charge < -0.3 is 20.0 Å². The SMILES string of the molecule is C[C@@H]1CN(c2ncc(C#N)c(N(C)C)n2)CCN1C(=O)NCCC1CCN(Cc2ccccc2)CC1. The molecule has 9 heteroatoms. The molecule has 2 saturated heterocycles. The first-order chi connectivity index (χ1) is 17.4. The van der Waals surface area contributed by atoms with Crippen molar-refractivity contribution in [1.29, 1.82) is 5.26 Å². The number of anilines is 2. The number of amides is 2. The third kappa shape index (κ3) is 6.43. The number of piperidine rings is 1. The zero-order valence-corrected chi connectivity index (χ0v) is 21.7. The quantitative estimate of drug-likeness (QED) is 0.638. The summed E-state index contributed by atoms with van der Waals surface area (Å²) in [6.07, 6.45) is 4.99. The molecule has 1 atom stereocenters. The van der Waals surface area contributed by atoms with Crippen LogP contribution in [0.2, 0.25) is 0 Å². The van der Waals surface area contributed by atoms with Gasteiger partial charge in [-0.3, -0.25) is 4.90 Å². The third-order valence-corrected chi connectivity index (χ3v) is 7.26. The first-order valence-electron chi connectivity index (χ1n) is 12.9. The highest BCUT2D eigenvalue weighted by molar-refractivity contribution is 5.75. The lowest BCUT2D eigenvalue weighted by atomic mass is 9.93. The number of benzene rings is 1. The van der Waals surface area contributed by atoms with Gasteiger partial charge in [-0.25, -0.2) is 9.78 Å². The summed E-state index contributed by atoms with van der Waals surface area (Å²) in [6, 6.07) is 12.9. The predicted octanol–water partition coefficient (Wildman–Crippen LogP) is 2.94. The van der Waals surface area contributed by atoms with Gasteiger partial charge >= 0.3 is 6.03 Å². The molecule has 0 saturated carbocycles. The van der Waals surface area contributed by atoms with E-state index in [1.165, 1.54) is 18.4 Å². The molecular formula is C27H38N8O. The van der Waals surface area contributed by atoms with Gasteiger partial charge in [0, 0.05) is 52.9 Å². The van der Waals surface area contributed by atoms with Crippen LogP contribution in [0.25, 0.3) is 0 Å². The smallest absolute Gasteiger partial charge is 0.317 e. The number of nitrogens with one attached hydrogen (secondary N) is 1. The molecule has 0 unspecified atom stereocenters. The summed E-state index contributed by atoms with van der Waals surface area (Å²) in [6.45, 7) is 8.00. The van der Waals surface area contributed by atoms with Gasteiger partial charge in [-0.05, 0) is 50.8 Å². The van der Waals surface area contributed by atoms with E-state index in [4.69, 9.17) is 0 Å². The molecule has 9 nitrogen and oxygen atoms in total. The fraction of sp³-hybridized carbons (Fsp3) is 0.556. The van der Waals surface area contributed by atoms with E-state index in [0.29, 0.717) is 42.9 Å². The third-order valence-electron chi connectivity index (χ3n) is 7.26. The second-order valence-corrected chi connectivity index (χ2v) is 10.1. The van der Waals surface area contributed by atoms with E-state index >= 15 is 0 Å². The van der Waals surface area contributed by atoms with Crippen molar-refractivity contribution in [2.75, 3.05) is 63.2 Å². The highest BCUT2D eigenvalue weighted by Crippen LogP contribution is 2.23. The summed E-state index contributed by atoms with van der Waals surface area (Å²) in [7, 11) is 3.73. The van der Waals surface area contributed by atoms with Crippen molar-refractivity contribution in [2.45, 2.75) is 38.8 Å². The van der Waals surface area contributed by atoms with Crippen molar-refractivity contribution in [1.82, 2.24) is 25.1 Å². The van der Waals surface area contributed by atoms with Gasteiger partial charge in [0.05, 0.1) is 6.20 Å². The second kappa shape index (κ2) is 12.0. The molecular weight excluding hydrogens is 452 g/mol. The van der Waals surface area contributed by atoms with Crippen LogP contribution < -0.4 is 15.1 Å². The molecule has 2 aliphatic rings. The number of hydrogen-bond donors (Lipinski definition) is 1. The lowest BCUT2D eigenvalue weighted by Crippen LogP contribution is -2.57. The normalized spacial score (nSPS) is 19.1. The minimum atomic E-state index is 0.0124. The fourth-order valence-corrected chi connectivity index (χ4v) is 5.14. The monoisotopic (exact) mass is 490 g/mol. The maximum atomic E-state index is 12.9. The standard InChI is InChI=1S/C27H38N8O/c1-21-19-34(26-30-18-24(17-28)25(31-26)32(2)3)15-16-35(21)27(36)29-12-9-22-10-13-33(14-11-22)20-23-7-5-4-6-8-23/h4-8,18,21-22H,9-16,19-20H2,1-3H3,(H,29,36)/t21-/m1/s1. The second-order valence-electron chi connectivity index (χ2n) is 10.1. The number of rotatable bonds is 7. The minimum Gasteiger partial charge on any atom is -0.361 e. The number of hydrogen-bond acceptors (Lipinski definition) is 7. The van der Waals surface area contributed by atoms with E-state index in [1.807, 2.05) is 23.9 Å². The first kappa shape index (κ1) is 25.7. The summed E-state index contributed by atoms with van der Waals surface area (Å²) in [5.74, 6) is 1.88. The average molecular weight is 491 g/mol. The van der Waals surface area contributed by atoms with Gasteiger partial charge in [-0.15, -0.1) is 0 Å².